The number of aryl methyl sites for hydroxylation is 1. The van der Waals surface area contributed by atoms with Crippen LogP contribution in [-0.4, -0.2) is 32.4 Å². The molecule has 4 rings (SSSR count). The van der Waals surface area contributed by atoms with Crippen LogP contribution in [0.15, 0.2) is 91.0 Å². The molecule has 0 spiro atoms. The molecule has 0 bridgehead atoms. The summed E-state index contributed by atoms with van der Waals surface area (Å²) in [6.45, 7) is 5.97. The second-order valence-electron chi connectivity index (χ2n) is 9.00. The first-order valence-electron chi connectivity index (χ1n) is 11.8. The van der Waals surface area contributed by atoms with Gasteiger partial charge in [0.1, 0.15) is 11.4 Å². The molecule has 0 saturated carbocycles. The van der Waals surface area contributed by atoms with Crippen LogP contribution in [0.2, 0.25) is 0 Å². The van der Waals surface area contributed by atoms with Crippen molar-refractivity contribution in [3.63, 3.8) is 0 Å². The summed E-state index contributed by atoms with van der Waals surface area (Å²) in [5, 5.41) is 15.6. The summed E-state index contributed by atoms with van der Waals surface area (Å²) in [6.07, 6.45) is -0.431. The number of benzene rings is 3. The lowest BCUT2D eigenvalue weighted by Crippen LogP contribution is -2.34. The molecule has 4 aromatic rings. The van der Waals surface area contributed by atoms with E-state index < -0.39 is 6.10 Å². The Balaban J connectivity index is 1.73. The van der Waals surface area contributed by atoms with E-state index in [4.69, 9.17) is 9.84 Å². The molecule has 0 radical (unpaired) electrons. The fraction of sp³-hybridized carbons (Fsp3) is 0.276. The normalized spacial score (nSPS) is 12.3. The molecular weight excluding hydrogens is 422 g/mol. The van der Waals surface area contributed by atoms with Gasteiger partial charge in [0.25, 0.3) is 0 Å². The van der Waals surface area contributed by atoms with Crippen LogP contribution in [-0.2, 0) is 20.1 Å². The third-order valence-electron chi connectivity index (χ3n) is 5.94. The Kier molecular flexibility index (Phi) is 7.78. The Bertz CT molecular complexity index is 1160. The highest BCUT2D eigenvalue weighted by Crippen LogP contribution is 2.34. The van der Waals surface area contributed by atoms with E-state index in [9.17, 15) is 5.11 Å². The molecule has 1 atom stereocenters. The predicted octanol–water partition coefficient (Wildman–Crippen LogP) is 5.90. The first-order chi connectivity index (χ1) is 16.5. The highest BCUT2D eigenvalue weighted by molar-refractivity contribution is 5.65. The molecule has 3 aromatic carbocycles. The van der Waals surface area contributed by atoms with Gasteiger partial charge in [0, 0.05) is 32.2 Å². The van der Waals surface area contributed by atoms with Gasteiger partial charge in [-0.25, -0.2) is 4.68 Å². The zero-order chi connectivity index (χ0) is 23.9. The second-order valence-corrected chi connectivity index (χ2v) is 9.00. The molecule has 1 aromatic heterocycles. The number of ether oxygens (including phenoxy) is 1. The fourth-order valence-electron chi connectivity index (χ4n) is 3.98. The third kappa shape index (κ3) is 5.93. The molecule has 0 aliphatic carbocycles. The van der Waals surface area contributed by atoms with Crippen molar-refractivity contribution in [1.82, 2.24) is 14.7 Å². The molecule has 0 amide bonds. The molecule has 0 aliphatic heterocycles. The Hall–Kier alpha value is -3.41. The lowest BCUT2D eigenvalue weighted by atomic mass is 10.0. The maximum Gasteiger partial charge on any atom is 0.222 e. The monoisotopic (exact) mass is 455 g/mol. The Labute approximate surface area is 202 Å². The minimum atomic E-state index is -0.431. The third-order valence-corrected chi connectivity index (χ3v) is 5.94. The maximum atomic E-state index is 10.8. The number of nitrogens with zero attached hydrogens (tertiary/aromatic N) is 3. The van der Waals surface area contributed by atoms with Gasteiger partial charge in [0.15, 0.2) is 0 Å². The van der Waals surface area contributed by atoms with Crippen molar-refractivity contribution >= 4 is 0 Å². The first kappa shape index (κ1) is 23.7. The van der Waals surface area contributed by atoms with Gasteiger partial charge in [0.2, 0.25) is 5.88 Å². The summed E-state index contributed by atoms with van der Waals surface area (Å²) in [7, 11) is 1.92. The quantitative estimate of drug-likeness (QED) is 0.324. The minimum absolute atomic E-state index is 0.167. The smallest absolute Gasteiger partial charge is 0.222 e. The van der Waals surface area contributed by atoms with Crippen molar-refractivity contribution in [3.05, 3.63) is 102 Å². The van der Waals surface area contributed by atoms with Crippen molar-refractivity contribution in [2.75, 3.05) is 6.54 Å². The van der Waals surface area contributed by atoms with E-state index in [1.54, 1.807) is 0 Å². The van der Waals surface area contributed by atoms with E-state index in [0.717, 1.165) is 29.1 Å². The summed E-state index contributed by atoms with van der Waals surface area (Å²) in [6, 6.07) is 30.4. The van der Waals surface area contributed by atoms with Gasteiger partial charge in [-0.1, -0.05) is 92.7 Å². The lowest BCUT2D eigenvalue weighted by molar-refractivity contribution is 0.0697. The van der Waals surface area contributed by atoms with Gasteiger partial charge in [-0.3, -0.25) is 4.90 Å². The topological polar surface area (TPSA) is 50.5 Å². The molecule has 5 nitrogen and oxygen atoms in total. The molecule has 0 aliphatic rings. The number of aliphatic hydroxyl groups is 1. The van der Waals surface area contributed by atoms with E-state index in [0.29, 0.717) is 19.0 Å². The standard InChI is InChI=1S/C29H33N3O2/c1-22(2)27(33)21-32(19-23-13-7-4-8-14-23)20-26-28(24-15-9-5-10-16-24)30-31(3)29(26)34-25-17-11-6-12-18-25/h4-18,22,27,33H,19-21H2,1-3H3. The summed E-state index contributed by atoms with van der Waals surface area (Å²) < 4.78 is 8.17. The lowest BCUT2D eigenvalue weighted by Gasteiger charge is -2.27. The highest BCUT2D eigenvalue weighted by atomic mass is 16.5. The number of hydrogen-bond donors (Lipinski definition) is 1. The van der Waals surface area contributed by atoms with Crippen LogP contribution in [0.5, 0.6) is 11.6 Å². The van der Waals surface area contributed by atoms with Gasteiger partial charge in [0.05, 0.1) is 11.7 Å². The number of rotatable bonds is 10. The molecule has 176 valence electrons. The zero-order valence-electron chi connectivity index (χ0n) is 20.1. The average molecular weight is 456 g/mol. The number of para-hydroxylation sites is 1. The minimum Gasteiger partial charge on any atom is -0.439 e. The molecular formula is C29H33N3O2. The Morgan fingerprint density at radius 1 is 0.853 bits per heavy atom. The van der Waals surface area contributed by atoms with Crippen molar-refractivity contribution in [1.29, 1.82) is 0 Å². The highest BCUT2D eigenvalue weighted by Gasteiger charge is 2.24. The molecule has 0 fully saturated rings. The predicted molar refractivity (Wildman–Crippen MR) is 137 cm³/mol. The van der Waals surface area contributed by atoms with E-state index in [1.165, 1.54) is 5.56 Å². The van der Waals surface area contributed by atoms with Gasteiger partial charge in [-0.2, -0.15) is 5.10 Å². The van der Waals surface area contributed by atoms with E-state index >= 15 is 0 Å². The van der Waals surface area contributed by atoms with E-state index in [-0.39, 0.29) is 5.92 Å². The second kappa shape index (κ2) is 11.1. The van der Waals surface area contributed by atoms with E-state index in [2.05, 4.69) is 55.1 Å². The van der Waals surface area contributed by atoms with Crippen molar-refractivity contribution in [2.24, 2.45) is 13.0 Å². The van der Waals surface area contributed by atoms with Crippen LogP contribution in [0, 0.1) is 5.92 Å². The van der Waals surface area contributed by atoms with Crippen LogP contribution in [0.1, 0.15) is 25.0 Å². The van der Waals surface area contributed by atoms with Gasteiger partial charge in [-0.15, -0.1) is 0 Å². The summed E-state index contributed by atoms with van der Waals surface area (Å²) in [4.78, 5) is 2.28. The average Bonchev–Trinajstić information content (AvgIpc) is 3.15. The summed E-state index contributed by atoms with van der Waals surface area (Å²) in [5.41, 5.74) is 4.14. The SMILES string of the molecule is CC(C)C(O)CN(Cc1ccccc1)Cc1c(-c2ccccc2)nn(C)c1Oc1ccccc1. The maximum absolute atomic E-state index is 10.8. The van der Waals surface area contributed by atoms with Crippen LogP contribution in [0.3, 0.4) is 0 Å². The first-order valence-corrected chi connectivity index (χ1v) is 11.8. The molecule has 1 N–H and O–H groups in total. The number of aromatic nitrogens is 2. The molecule has 0 saturated heterocycles. The summed E-state index contributed by atoms with van der Waals surface area (Å²) in [5.74, 6) is 1.64. The van der Waals surface area contributed by atoms with Gasteiger partial charge in [-0.05, 0) is 23.6 Å². The largest absolute Gasteiger partial charge is 0.439 e. The summed E-state index contributed by atoms with van der Waals surface area (Å²) >= 11 is 0. The van der Waals surface area contributed by atoms with Gasteiger partial charge < -0.3 is 9.84 Å². The van der Waals surface area contributed by atoms with Crippen LogP contribution < -0.4 is 4.74 Å². The van der Waals surface area contributed by atoms with Crippen LogP contribution in [0.4, 0.5) is 0 Å². The molecule has 1 heterocycles. The zero-order valence-corrected chi connectivity index (χ0v) is 20.1. The molecule has 1 unspecified atom stereocenters. The Morgan fingerprint density at radius 2 is 1.44 bits per heavy atom. The fourth-order valence-corrected chi connectivity index (χ4v) is 3.98. The van der Waals surface area contributed by atoms with Crippen molar-refractivity contribution < 1.29 is 9.84 Å². The Morgan fingerprint density at radius 3 is 2.06 bits per heavy atom. The van der Waals surface area contributed by atoms with E-state index in [1.807, 2.05) is 66.3 Å². The number of aliphatic hydroxyl groups excluding tert-OH is 1. The van der Waals surface area contributed by atoms with Crippen LogP contribution in [0.25, 0.3) is 11.3 Å². The number of hydrogen-bond acceptors (Lipinski definition) is 4. The van der Waals surface area contributed by atoms with Crippen molar-refractivity contribution in [3.8, 4) is 22.9 Å². The molecule has 34 heavy (non-hydrogen) atoms. The van der Waals surface area contributed by atoms with Crippen LogP contribution >= 0.6 is 0 Å². The van der Waals surface area contributed by atoms with Crippen molar-refractivity contribution in [2.45, 2.75) is 33.0 Å². The molecule has 5 heteroatoms. The van der Waals surface area contributed by atoms with Gasteiger partial charge >= 0.3 is 0 Å².